The molecule has 19 heavy (non-hydrogen) atoms. The Hall–Kier alpha value is -1.55. The van der Waals surface area contributed by atoms with Crippen molar-refractivity contribution in [3.63, 3.8) is 0 Å². The molecule has 2 rings (SSSR count). The number of nitrogens with zero attached hydrogens (tertiary/aromatic N) is 1. The number of methoxy groups -OCH3 is 1. The Kier molecular flexibility index (Phi) is 4.80. The summed E-state index contributed by atoms with van der Waals surface area (Å²) in [6.07, 6.45) is 2.33. The second-order valence-corrected chi connectivity index (χ2v) is 4.86. The molecule has 1 aromatic carbocycles. The van der Waals surface area contributed by atoms with Gasteiger partial charge in [-0.05, 0) is 37.5 Å². The van der Waals surface area contributed by atoms with Crippen molar-refractivity contribution >= 4 is 5.91 Å². The van der Waals surface area contributed by atoms with Crippen molar-refractivity contribution < 1.29 is 9.53 Å². The Balaban J connectivity index is 1.74. The molecule has 0 heterocycles. The first-order valence-corrected chi connectivity index (χ1v) is 6.87. The van der Waals surface area contributed by atoms with Gasteiger partial charge in [0, 0.05) is 19.1 Å². The van der Waals surface area contributed by atoms with Gasteiger partial charge in [0.25, 0.3) is 0 Å². The van der Waals surface area contributed by atoms with Crippen LogP contribution < -0.4 is 10.1 Å². The first kappa shape index (κ1) is 13.9. The molecule has 4 heteroatoms. The van der Waals surface area contributed by atoms with Crippen LogP contribution in [0.25, 0.3) is 0 Å². The average Bonchev–Trinajstić information content (AvgIpc) is 3.25. The van der Waals surface area contributed by atoms with Crippen LogP contribution in [0, 0.1) is 0 Å². The molecular weight excluding hydrogens is 240 g/mol. The smallest absolute Gasteiger partial charge is 0.236 e. The van der Waals surface area contributed by atoms with Gasteiger partial charge in [-0.25, -0.2) is 0 Å². The molecule has 0 bridgehead atoms. The van der Waals surface area contributed by atoms with E-state index in [0.29, 0.717) is 19.1 Å². The van der Waals surface area contributed by atoms with Crippen molar-refractivity contribution in [3.8, 4) is 5.75 Å². The fourth-order valence-corrected chi connectivity index (χ4v) is 2.18. The summed E-state index contributed by atoms with van der Waals surface area (Å²) < 4.78 is 5.11. The molecule has 1 aliphatic carbocycles. The van der Waals surface area contributed by atoms with Crippen molar-refractivity contribution in [3.05, 3.63) is 29.8 Å². The van der Waals surface area contributed by atoms with Gasteiger partial charge in [0.1, 0.15) is 5.75 Å². The maximum Gasteiger partial charge on any atom is 0.236 e. The van der Waals surface area contributed by atoms with Crippen LogP contribution in [0.15, 0.2) is 24.3 Å². The zero-order valence-electron chi connectivity index (χ0n) is 11.7. The van der Waals surface area contributed by atoms with Crippen molar-refractivity contribution in [1.29, 1.82) is 0 Å². The lowest BCUT2D eigenvalue weighted by molar-refractivity contribution is -0.130. The first-order valence-electron chi connectivity index (χ1n) is 6.87. The second-order valence-electron chi connectivity index (χ2n) is 4.86. The Labute approximate surface area is 114 Å². The molecule has 0 atom stereocenters. The van der Waals surface area contributed by atoms with E-state index in [4.69, 9.17) is 4.74 Å². The van der Waals surface area contributed by atoms with Gasteiger partial charge in [-0.3, -0.25) is 4.79 Å². The molecule has 0 radical (unpaired) electrons. The molecule has 0 unspecified atom stereocenters. The predicted octanol–water partition coefficient (Wildman–Crippen LogP) is 1.80. The minimum absolute atomic E-state index is 0.207. The maximum absolute atomic E-state index is 12.0. The van der Waals surface area contributed by atoms with Gasteiger partial charge in [0.15, 0.2) is 0 Å². The lowest BCUT2D eigenvalue weighted by Crippen LogP contribution is -2.39. The number of rotatable bonds is 7. The molecule has 1 aliphatic rings. The van der Waals surface area contributed by atoms with Crippen LogP contribution in [0.4, 0.5) is 0 Å². The lowest BCUT2D eigenvalue weighted by Gasteiger charge is -2.20. The van der Waals surface area contributed by atoms with Gasteiger partial charge in [0.2, 0.25) is 5.91 Å². The molecule has 0 aliphatic heterocycles. The number of nitrogens with one attached hydrogen (secondary N) is 1. The highest BCUT2D eigenvalue weighted by molar-refractivity contribution is 5.78. The lowest BCUT2D eigenvalue weighted by atomic mass is 10.2. The number of carbonyl (C=O) groups is 1. The fourth-order valence-electron chi connectivity index (χ4n) is 2.18. The maximum atomic E-state index is 12.0. The highest BCUT2D eigenvalue weighted by Crippen LogP contribution is 2.26. The largest absolute Gasteiger partial charge is 0.497 e. The Morgan fingerprint density at radius 3 is 2.58 bits per heavy atom. The first-order chi connectivity index (χ1) is 9.24. The summed E-state index contributed by atoms with van der Waals surface area (Å²) in [7, 11) is 1.66. The Morgan fingerprint density at radius 1 is 1.37 bits per heavy atom. The van der Waals surface area contributed by atoms with E-state index < -0.39 is 0 Å². The number of hydrogen-bond acceptors (Lipinski definition) is 3. The summed E-state index contributed by atoms with van der Waals surface area (Å²) in [4.78, 5) is 14.0. The van der Waals surface area contributed by atoms with E-state index >= 15 is 0 Å². The minimum Gasteiger partial charge on any atom is -0.497 e. The number of carbonyl (C=O) groups excluding carboxylic acids is 1. The van der Waals surface area contributed by atoms with E-state index in [1.165, 1.54) is 0 Å². The van der Waals surface area contributed by atoms with Crippen LogP contribution in [0.2, 0.25) is 0 Å². The Bertz CT molecular complexity index is 413. The van der Waals surface area contributed by atoms with Gasteiger partial charge < -0.3 is 15.0 Å². The van der Waals surface area contributed by atoms with Gasteiger partial charge in [0.05, 0.1) is 13.7 Å². The van der Waals surface area contributed by atoms with Gasteiger partial charge in [-0.1, -0.05) is 12.1 Å². The molecule has 0 spiro atoms. The third-order valence-electron chi connectivity index (χ3n) is 3.41. The van der Waals surface area contributed by atoms with Crippen molar-refractivity contribution in [2.45, 2.75) is 32.4 Å². The quantitative estimate of drug-likeness (QED) is 0.814. The van der Waals surface area contributed by atoms with Gasteiger partial charge in [-0.15, -0.1) is 0 Å². The minimum atomic E-state index is 0.207. The van der Waals surface area contributed by atoms with E-state index in [9.17, 15) is 4.79 Å². The second kappa shape index (κ2) is 6.57. The summed E-state index contributed by atoms with van der Waals surface area (Å²) >= 11 is 0. The zero-order chi connectivity index (χ0) is 13.7. The topological polar surface area (TPSA) is 41.6 Å². The van der Waals surface area contributed by atoms with Crippen LogP contribution in [-0.4, -0.2) is 37.0 Å². The molecule has 1 aromatic rings. The monoisotopic (exact) mass is 262 g/mol. The van der Waals surface area contributed by atoms with E-state index in [0.717, 1.165) is 30.7 Å². The van der Waals surface area contributed by atoms with E-state index in [1.807, 2.05) is 36.1 Å². The molecule has 104 valence electrons. The number of ether oxygens (including phenoxy) is 1. The molecule has 1 N–H and O–H groups in total. The van der Waals surface area contributed by atoms with Crippen LogP contribution in [0.1, 0.15) is 25.3 Å². The summed E-state index contributed by atoms with van der Waals surface area (Å²) in [5.41, 5.74) is 1.16. The number of hydrogen-bond donors (Lipinski definition) is 1. The molecule has 1 amide bonds. The number of benzene rings is 1. The van der Waals surface area contributed by atoms with Crippen LogP contribution in [0.3, 0.4) is 0 Å². The van der Waals surface area contributed by atoms with Gasteiger partial charge in [-0.2, -0.15) is 0 Å². The third-order valence-corrected chi connectivity index (χ3v) is 3.41. The summed E-state index contributed by atoms with van der Waals surface area (Å²) in [6.45, 7) is 3.97. The Morgan fingerprint density at radius 2 is 2.05 bits per heavy atom. The van der Waals surface area contributed by atoms with E-state index in [2.05, 4.69) is 5.32 Å². The number of likely N-dealkylation sites (N-methyl/N-ethyl adjacent to an activating group) is 1. The van der Waals surface area contributed by atoms with Crippen molar-refractivity contribution in [1.82, 2.24) is 10.2 Å². The highest BCUT2D eigenvalue weighted by Gasteiger charge is 2.30. The average molecular weight is 262 g/mol. The van der Waals surface area contributed by atoms with Crippen molar-refractivity contribution in [2.75, 3.05) is 20.2 Å². The number of amides is 1. The van der Waals surface area contributed by atoms with Crippen LogP contribution in [0.5, 0.6) is 5.75 Å². The highest BCUT2D eigenvalue weighted by atomic mass is 16.5. The molecular formula is C15H22N2O2. The molecule has 0 aromatic heterocycles. The normalized spacial score (nSPS) is 14.2. The standard InChI is InChI=1S/C15H22N2O2/c1-3-17(13-6-7-13)15(18)11-16-10-12-4-8-14(19-2)9-5-12/h4-5,8-9,13,16H,3,6-7,10-11H2,1-2H3. The summed E-state index contributed by atoms with van der Waals surface area (Å²) in [5, 5.41) is 3.20. The fraction of sp³-hybridized carbons (Fsp3) is 0.533. The van der Waals surface area contributed by atoms with Crippen LogP contribution >= 0.6 is 0 Å². The molecule has 1 fully saturated rings. The van der Waals surface area contributed by atoms with Gasteiger partial charge >= 0.3 is 0 Å². The molecule has 0 saturated heterocycles. The molecule has 1 saturated carbocycles. The van der Waals surface area contributed by atoms with Crippen molar-refractivity contribution in [2.24, 2.45) is 0 Å². The molecule has 4 nitrogen and oxygen atoms in total. The van der Waals surface area contributed by atoms with E-state index in [1.54, 1.807) is 7.11 Å². The summed E-state index contributed by atoms with van der Waals surface area (Å²) in [5.74, 6) is 1.06. The summed E-state index contributed by atoms with van der Waals surface area (Å²) in [6, 6.07) is 8.38. The predicted molar refractivity (Wildman–Crippen MR) is 75.1 cm³/mol. The zero-order valence-corrected chi connectivity index (χ0v) is 11.7. The van der Waals surface area contributed by atoms with E-state index in [-0.39, 0.29) is 5.91 Å². The third kappa shape index (κ3) is 3.96. The SMILES string of the molecule is CCN(C(=O)CNCc1ccc(OC)cc1)C1CC1. The van der Waals surface area contributed by atoms with Crippen LogP contribution in [-0.2, 0) is 11.3 Å².